The quantitative estimate of drug-likeness (QED) is 0.470. The van der Waals surface area contributed by atoms with Crippen molar-refractivity contribution in [3.05, 3.63) is 62.0 Å². The first-order chi connectivity index (χ1) is 8.58. The van der Waals surface area contributed by atoms with Gasteiger partial charge in [-0.25, -0.2) is 0 Å². The van der Waals surface area contributed by atoms with E-state index in [1.54, 1.807) is 24.3 Å². The number of ether oxygens (including phenoxy) is 1. The van der Waals surface area contributed by atoms with E-state index in [4.69, 9.17) is 4.74 Å². The average Bonchev–Trinajstić information content (AvgIpc) is 2.32. The van der Waals surface area contributed by atoms with Crippen LogP contribution in [0, 0.1) is 19.5 Å². The summed E-state index contributed by atoms with van der Waals surface area (Å²) in [5.41, 5.74) is -0.656. The molecule has 6 heteroatoms. The SMILES string of the molecule is O=[N+]([O-])c1c(F)cccc1Oc1ccc(I)cc1. The van der Waals surface area contributed by atoms with Gasteiger partial charge < -0.3 is 4.74 Å². The lowest BCUT2D eigenvalue weighted by Crippen LogP contribution is -1.96. The Morgan fingerprint density at radius 2 is 1.83 bits per heavy atom. The maximum Gasteiger partial charge on any atom is 0.346 e. The van der Waals surface area contributed by atoms with Gasteiger partial charge in [-0.3, -0.25) is 10.1 Å². The third kappa shape index (κ3) is 2.76. The molecule has 2 aromatic rings. The van der Waals surface area contributed by atoms with Gasteiger partial charge in [-0.1, -0.05) is 6.07 Å². The van der Waals surface area contributed by atoms with Crippen LogP contribution in [0.4, 0.5) is 10.1 Å². The fourth-order valence-corrected chi connectivity index (χ4v) is 1.74. The minimum Gasteiger partial charge on any atom is -0.450 e. The summed E-state index contributed by atoms with van der Waals surface area (Å²) in [6, 6.07) is 10.7. The number of benzene rings is 2. The number of rotatable bonds is 3. The predicted molar refractivity (Wildman–Crippen MR) is 72.3 cm³/mol. The molecular weight excluding hydrogens is 352 g/mol. The largest absolute Gasteiger partial charge is 0.450 e. The zero-order chi connectivity index (χ0) is 13.1. The van der Waals surface area contributed by atoms with Gasteiger partial charge in [0, 0.05) is 3.57 Å². The summed E-state index contributed by atoms with van der Waals surface area (Å²) in [7, 11) is 0. The van der Waals surface area contributed by atoms with E-state index in [1.807, 2.05) is 0 Å². The first-order valence-corrected chi connectivity index (χ1v) is 6.02. The number of hydrogen-bond donors (Lipinski definition) is 0. The highest BCUT2D eigenvalue weighted by Gasteiger charge is 2.21. The molecule has 0 N–H and O–H groups in total. The Kier molecular flexibility index (Phi) is 3.75. The monoisotopic (exact) mass is 359 g/mol. The molecule has 2 rings (SSSR count). The Bertz CT molecular complexity index is 586. The first kappa shape index (κ1) is 12.7. The number of nitro benzene ring substituents is 1. The van der Waals surface area contributed by atoms with E-state index < -0.39 is 16.4 Å². The fraction of sp³-hybridized carbons (Fsp3) is 0. The number of halogens is 2. The van der Waals surface area contributed by atoms with Crippen LogP contribution in [0.25, 0.3) is 0 Å². The molecule has 0 unspecified atom stereocenters. The lowest BCUT2D eigenvalue weighted by molar-refractivity contribution is -0.388. The molecule has 18 heavy (non-hydrogen) atoms. The minimum absolute atomic E-state index is 0.110. The van der Waals surface area contributed by atoms with E-state index in [9.17, 15) is 14.5 Å². The van der Waals surface area contributed by atoms with Crippen LogP contribution < -0.4 is 4.74 Å². The average molecular weight is 359 g/mol. The molecule has 0 saturated carbocycles. The fourth-order valence-electron chi connectivity index (χ4n) is 1.38. The Hall–Kier alpha value is -1.70. The summed E-state index contributed by atoms with van der Waals surface area (Å²) < 4.78 is 19.7. The molecule has 92 valence electrons. The van der Waals surface area contributed by atoms with E-state index in [2.05, 4.69) is 22.6 Å². The predicted octanol–water partition coefficient (Wildman–Crippen LogP) is 4.13. The molecule has 0 spiro atoms. The molecule has 0 aliphatic heterocycles. The third-order valence-electron chi connectivity index (χ3n) is 2.17. The zero-order valence-corrected chi connectivity index (χ0v) is 11.1. The summed E-state index contributed by atoms with van der Waals surface area (Å²) in [6.45, 7) is 0. The van der Waals surface area contributed by atoms with Crippen LogP contribution >= 0.6 is 22.6 Å². The van der Waals surface area contributed by atoms with Gasteiger partial charge in [0.05, 0.1) is 4.92 Å². The van der Waals surface area contributed by atoms with E-state index >= 15 is 0 Å². The van der Waals surface area contributed by atoms with Gasteiger partial charge in [-0.05, 0) is 59.0 Å². The number of para-hydroxylation sites is 1. The van der Waals surface area contributed by atoms with Gasteiger partial charge in [0.1, 0.15) is 5.75 Å². The summed E-state index contributed by atoms with van der Waals surface area (Å²) in [5, 5.41) is 10.8. The summed E-state index contributed by atoms with van der Waals surface area (Å²) >= 11 is 2.13. The Morgan fingerprint density at radius 1 is 1.17 bits per heavy atom. The molecule has 0 amide bonds. The summed E-state index contributed by atoms with van der Waals surface area (Å²) in [6.07, 6.45) is 0. The van der Waals surface area contributed by atoms with Crippen molar-refractivity contribution < 1.29 is 14.1 Å². The molecule has 0 saturated heterocycles. The molecule has 0 fully saturated rings. The van der Waals surface area contributed by atoms with Gasteiger partial charge in [0.25, 0.3) is 0 Å². The Morgan fingerprint density at radius 3 is 2.44 bits per heavy atom. The van der Waals surface area contributed by atoms with Crippen molar-refractivity contribution in [2.24, 2.45) is 0 Å². The van der Waals surface area contributed by atoms with Gasteiger partial charge in [-0.2, -0.15) is 4.39 Å². The number of nitrogens with zero attached hydrogens (tertiary/aromatic N) is 1. The summed E-state index contributed by atoms with van der Waals surface area (Å²) in [4.78, 5) is 9.98. The molecule has 0 bridgehead atoms. The van der Waals surface area contributed by atoms with E-state index in [-0.39, 0.29) is 5.75 Å². The molecule has 0 aliphatic carbocycles. The molecule has 4 nitrogen and oxygen atoms in total. The van der Waals surface area contributed by atoms with Crippen LogP contribution in [0.2, 0.25) is 0 Å². The van der Waals surface area contributed by atoms with E-state index in [0.29, 0.717) is 5.75 Å². The van der Waals surface area contributed by atoms with Crippen molar-refractivity contribution in [1.29, 1.82) is 0 Å². The minimum atomic E-state index is -0.914. The van der Waals surface area contributed by atoms with Gasteiger partial charge in [0.15, 0.2) is 0 Å². The molecule has 0 heterocycles. The standard InChI is InChI=1S/C12H7FINO3/c13-10-2-1-3-11(12(10)15(16)17)18-9-6-4-8(14)5-7-9/h1-7H. The molecular formula is C12H7FINO3. The van der Waals surface area contributed by atoms with Crippen molar-refractivity contribution in [2.45, 2.75) is 0 Å². The topological polar surface area (TPSA) is 52.4 Å². The number of hydrogen-bond acceptors (Lipinski definition) is 3. The van der Waals surface area contributed by atoms with Crippen LogP contribution in [-0.2, 0) is 0 Å². The molecule has 0 aliphatic rings. The third-order valence-corrected chi connectivity index (χ3v) is 2.89. The van der Waals surface area contributed by atoms with Crippen molar-refractivity contribution in [3.8, 4) is 11.5 Å². The lowest BCUT2D eigenvalue weighted by atomic mass is 10.3. The van der Waals surface area contributed by atoms with Crippen LogP contribution in [0.3, 0.4) is 0 Å². The molecule has 0 aromatic heterocycles. The second-order valence-corrected chi connectivity index (χ2v) is 4.65. The highest BCUT2D eigenvalue weighted by atomic mass is 127. The Balaban J connectivity index is 2.37. The van der Waals surface area contributed by atoms with Crippen molar-refractivity contribution in [1.82, 2.24) is 0 Å². The normalized spacial score (nSPS) is 10.1. The maximum absolute atomic E-state index is 13.3. The second kappa shape index (κ2) is 5.30. The van der Waals surface area contributed by atoms with Crippen LogP contribution in [0.1, 0.15) is 0 Å². The second-order valence-electron chi connectivity index (χ2n) is 3.40. The van der Waals surface area contributed by atoms with Crippen LogP contribution in [0.15, 0.2) is 42.5 Å². The van der Waals surface area contributed by atoms with Gasteiger partial charge in [0.2, 0.25) is 11.6 Å². The van der Waals surface area contributed by atoms with Crippen molar-refractivity contribution >= 4 is 28.3 Å². The summed E-state index contributed by atoms with van der Waals surface area (Å²) in [5.74, 6) is -0.603. The lowest BCUT2D eigenvalue weighted by Gasteiger charge is -2.06. The van der Waals surface area contributed by atoms with Crippen molar-refractivity contribution in [3.63, 3.8) is 0 Å². The molecule has 2 aromatic carbocycles. The molecule has 0 atom stereocenters. The van der Waals surface area contributed by atoms with Crippen LogP contribution in [-0.4, -0.2) is 4.92 Å². The van der Waals surface area contributed by atoms with Crippen LogP contribution in [0.5, 0.6) is 11.5 Å². The smallest absolute Gasteiger partial charge is 0.346 e. The maximum atomic E-state index is 13.3. The molecule has 0 radical (unpaired) electrons. The van der Waals surface area contributed by atoms with Crippen molar-refractivity contribution in [2.75, 3.05) is 0 Å². The number of nitro groups is 1. The van der Waals surface area contributed by atoms with Gasteiger partial charge >= 0.3 is 5.69 Å². The highest BCUT2D eigenvalue weighted by Crippen LogP contribution is 2.33. The zero-order valence-electron chi connectivity index (χ0n) is 8.97. The van der Waals surface area contributed by atoms with E-state index in [1.165, 1.54) is 12.1 Å². The first-order valence-electron chi connectivity index (χ1n) is 4.94. The Labute approximate surface area is 116 Å². The van der Waals surface area contributed by atoms with E-state index in [0.717, 1.165) is 9.64 Å². The highest BCUT2D eigenvalue weighted by molar-refractivity contribution is 14.1. The van der Waals surface area contributed by atoms with Gasteiger partial charge in [-0.15, -0.1) is 0 Å².